The molecule has 4 aromatic rings. The topological polar surface area (TPSA) is 74.1 Å². The number of rotatable bonds is 7. The maximum atomic E-state index is 5.38. The molecule has 1 N–H and O–H groups in total. The largest absolute Gasteiger partial charge is 0.493 e. The predicted octanol–water partition coefficient (Wildman–Crippen LogP) is 4.10. The third kappa shape index (κ3) is 3.78. The molecule has 0 saturated carbocycles. The molecule has 2 aromatic carbocycles. The fraction of sp³-hybridized carbons (Fsp3) is 0.261. The zero-order valence-electron chi connectivity index (χ0n) is 17.6. The second kappa shape index (κ2) is 8.41. The molecule has 7 heteroatoms. The van der Waals surface area contributed by atoms with E-state index in [4.69, 9.17) is 9.47 Å². The Labute approximate surface area is 175 Å². The number of nitrogens with one attached hydrogen (secondary N) is 1. The molecule has 4 rings (SSSR count). The lowest BCUT2D eigenvalue weighted by molar-refractivity contribution is 0.354. The molecule has 0 unspecified atom stereocenters. The van der Waals surface area contributed by atoms with Crippen LogP contribution in [0.2, 0.25) is 0 Å². The molecular formula is C23H25N5O2. The molecule has 0 saturated heterocycles. The van der Waals surface area contributed by atoms with Crippen LogP contribution in [0.1, 0.15) is 16.7 Å². The Bertz CT molecular complexity index is 1190. The first-order valence-corrected chi connectivity index (χ1v) is 9.82. The number of anilines is 1. The number of hydrogen-bond acceptors (Lipinski definition) is 6. The van der Waals surface area contributed by atoms with Gasteiger partial charge in [0.2, 0.25) is 0 Å². The summed E-state index contributed by atoms with van der Waals surface area (Å²) in [5.74, 6) is 2.23. The van der Waals surface area contributed by atoms with E-state index in [2.05, 4.69) is 52.4 Å². The minimum absolute atomic E-state index is 0.719. The molecular weight excluding hydrogens is 378 g/mol. The zero-order valence-corrected chi connectivity index (χ0v) is 17.6. The zero-order chi connectivity index (χ0) is 21.1. The molecule has 0 radical (unpaired) electrons. The van der Waals surface area contributed by atoms with E-state index in [0.717, 1.165) is 58.1 Å². The Morgan fingerprint density at radius 3 is 2.57 bits per heavy atom. The fourth-order valence-corrected chi connectivity index (χ4v) is 3.57. The molecule has 0 spiro atoms. The number of hydrogen-bond donors (Lipinski definition) is 1. The number of ether oxygens (including phenoxy) is 2. The summed E-state index contributed by atoms with van der Waals surface area (Å²) in [4.78, 5) is 8.89. The highest BCUT2D eigenvalue weighted by Crippen LogP contribution is 2.28. The lowest BCUT2D eigenvalue weighted by Gasteiger charge is -2.11. The maximum Gasteiger partial charge on any atom is 0.168 e. The van der Waals surface area contributed by atoms with Crippen molar-refractivity contribution in [2.24, 2.45) is 0 Å². The normalized spacial score (nSPS) is 10.9. The Kier molecular flexibility index (Phi) is 5.52. The number of benzene rings is 2. The summed E-state index contributed by atoms with van der Waals surface area (Å²) in [7, 11) is 3.28. The Hall–Kier alpha value is -3.61. The molecule has 0 atom stereocenters. The molecule has 2 heterocycles. The van der Waals surface area contributed by atoms with Gasteiger partial charge in [-0.2, -0.15) is 5.10 Å². The number of nitrogens with zero attached hydrogens (tertiary/aromatic N) is 4. The molecule has 0 aliphatic heterocycles. The van der Waals surface area contributed by atoms with Crippen molar-refractivity contribution in [3.05, 3.63) is 65.6 Å². The molecule has 7 nitrogen and oxygen atoms in total. The summed E-state index contributed by atoms with van der Waals surface area (Å²) in [6, 6.07) is 12.3. The van der Waals surface area contributed by atoms with Crippen molar-refractivity contribution in [3.8, 4) is 17.2 Å². The van der Waals surface area contributed by atoms with Gasteiger partial charge in [0.1, 0.15) is 12.1 Å². The van der Waals surface area contributed by atoms with Gasteiger partial charge in [-0.3, -0.25) is 0 Å². The molecule has 0 bridgehead atoms. The lowest BCUT2D eigenvalue weighted by Crippen LogP contribution is -2.07. The quantitative estimate of drug-likeness (QED) is 0.501. The van der Waals surface area contributed by atoms with Crippen molar-refractivity contribution < 1.29 is 9.47 Å². The van der Waals surface area contributed by atoms with Gasteiger partial charge in [0.05, 0.1) is 31.5 Å². The van der Waals surface area contributed by atoms with Crippen LogP contribution in [0.25, 0.3) is 16.7 Å². The summed E-state index contributed by atoms with van der Waals surface area (Å²) in [6.07, 6.45) is 4.20. The van der Waals surface area contributed by atoms with Gasteiger partial charge in [0.15, 0.2) is 17.1 Å². The van der Waals surface area contributed by atoms with Crippen LogP contribution in [0.5, 0.6) is 11.5 Å². The van der Waals surface area contributed by atoms with Crippen LogP contribution in [0, 0.1) is 13.8 Å². The van der Waals surface area contributed by atoms with Crippen LogP contribution in [-0.4, -0.2) is 40.5 Å². The second-order valence-electron chi connectivity index (χ2n) is 7.17. The maximum absolute atomic E-state index is 5.38. The van der Waals surface area contributed by atoms with Crippen LogP contribution in [-0.2, 0) is 6.42 Å². The SMILES string of the molecule is COc1ccc(CCNc2ncnc3c2cnn3-c2ccc(C)cc2C)cc1OC. The number of aromatic nitrogens is 4. The molecule has 0 aliphatic rings. The fourth-order valence-electron chi connectivity index (χ4n) is 3.57. The van der Waals surface area contributed by atoms with Crippen molar-refractivity contribution in [2.45, 2.75) is 20.3 Å². The highest BCUT2D eigenvalue weighted by Gasteiger charge is 2.12. The van der Waals surface area contributed by atoms with E-state index < -0.39 is 0 Å². The van der Waals surface area contributed by atoms with Crippen LogP contribution in [0.3, 0.4) is 0 Å². The average Bonchev–Trinajstić information content (AvgIpc) is 3.18. The molecule has 154 valence electrons. The molecule has 30 heavy (non-hydrogen) atoms. The smallest absolute Gasteiger partial charge is 0.168 e. The molecule has 0 amide bonds. The Morgan fingerprint density at radius 1 is 0.967 bits per heavy atom. The highest BCUT2D eigenvalue weighted by atomic mass is 16.5. The number of fused-ring (bicyclic) bond motifs is 1. The summed E-state index contributed by atoms with van der Waals surface area (Å²) in [6.45, 7) is 4.89. The van der Waals surface area contributed by atoms with Gasteiger partial charge in [-0.15, -0.1) is 0 Å². The van der Waals surface area contributed by atoms with Gasteiger partial charge >= 0.3 is 0 Å². The second-order valence-corrected chi connectivity index (χ2v) is 7.17. The third-order valence-electron chi connectivity index (χ3n) is 5.10. The van der Waals surface area contributed by atoms with Crippen LogP contribution >= 0.6 is 0 Å². The molecule has 0 fully saturated rings. The van der Waals surface area contributed by atoms with Crippen LogP contribution in [0.15, 0.2) is 48.9 Å². The van der Waals surface area contributed by atoms with Crippen molar-refractivity contribution >= 4 is 16.9 Å². The Balaban J connectivity index is 1.54. The molecule has 0 aliphatic carbocycles. The van der Waals surface area contributed by atoms with Crippen molar-refractivity contribution in [2.75, 3.05) is 26.1 Å². The number of methoxy groups -OCH3 is 2. The van der Waals surface area contributed by atoms with Gasteiger partial charge in [0, 0.05) is 6.54 Å². The van der Waals surface area contributed by atoms with Gasteiger partial charge in [0.25, 0.3) is 0 Å². The molecule has 2 aromatic heterocycles. The standard InChI is InChI=1S/C23H25N5O2/c1-15-5-7-19(16(2)11-15)28-23-18(13-27-28)22(25-14-26-23)24-10-9-17-6-8-20(29-3)21(12-17)30-4/h5-8,11-14H,9-10H2,1-4H3,(H,24,25,26). The summed E-state index contributed by atoms with van der Waals surface area (Å²) in [5.41, 5.74) is 5.33. The van der Waals surface area contributed by atoms with Crippen LogP contribution < -0.4 is 14.8 Å². The Morgan fingerprint density at radius 2 is 1.80 bits per heavy atom. The van der Waals surface area contributed by atoms with Gasteiger partial charge in [-0.25, -0.2) is 14.6 Å². The minimum atomic E-state index is 0.719. The number of aryl methyl sites for hydroxylation is 2. The van der Waals surface area contributed by atoms with E-state index in [-0.39, 0.29) is 0 Å². The first kappa shape index (κ1) is 19.7. The summed E-state index contributed by atoms with van der Waals surface area (Å²) in [5, 5.41) is 8.88. The van der Waals surface area contributed by atoms with E-state index in [1.165, 1.54) is 5.56 Å². The first-order chi connectivity index (χ1) is 14.6. The lowest BCUT2D eigenvalue weighted by atomic mass is 10.1. The van der Waals surface area contributed by atoms with Gasteiger partial charge in [-0.1, -0.05) is 23.8 Å². The summed E-state index contributed by atoms with van der Waals surface area (Å²) >= 11 is 0. The van der Waals surface area contributed by atoms with E-state index in [0.29, 0.717) is 0 Å². The summed E-state index contributed by atoms with van der Waals surface area (Å²) < 4.78 is 12.6. The van der Waals surface area contributed by atoms with E-state index in [1.54, 1.807) is 20.5 Å². The average molecular weight is 403 g/mol. The van der Waals surface area contributed by atoms with Gasteiger partial charge in [-0.05, 0) is 49.6 Å². The third-order valence-corrected chi connectivity index (χ3v) is 5.10. The van der Waals surface area contributed by atoms with E-state index >= 15 is 0 Å². The highest BCUT2D eigenvalue weighted by molar-refractivity contribution is 5.87. The first-order valence-electron chi connectivity index (χ1n) is 9.82. The van der Waals surface area contributed by atoms with Gasteiger partial charge < -0.3 is 14.8 Å². The van der Waals surface area contributed by atoms with E-state index in [1.807, 2.05) is 29.1 Å². The van der Waals surface area contributed by atoms with Crippen LogP contribution in [0.4, 0.5) is 5.82 Å². The van der Waals surface area contributed by atoms with Crippen molar-refractivity contribution in [1.29, 1.82) is 0 Å². The van der Waals surface area contributed by atoms with Crippen molar-refractivity contribution in [1.82, 2.24) is 19.7 Å². The van der Waals surface area contributed by atoms with Crippen molar-refractivity contribution in [3.63, 3.8) is 0 Å². The monoisotopic (exact) mass is 403 g/mol. The van der Waals surface area contributed by atoms with E-state index in [9.17, 15) is 0 Å². The predicted molar refractivity (Wildman–Crippen MR) is 118 cm³/mol. The minimum Gasteiger partial charge on any atom is -0.493 e.